The van der Waals surface area contributed by atoms with Crippen LogP contribution in [0.15, 0.2) is 59.2 Å². The van der Waals surface area contributed by atoms with Gasteiger partial charge in [0.15, 0.2) is 5.82 Å². The molecule has 0 aliphatic rings. The fraction of sp³-hybridized carbons (Fsp3) is 0. The number of hydrogen-bond acceptors (Lipinski definition) is 5. The molecule has 0 atom stereocenters. The molecule has 2 aromatic carbocycles. The molecule has 2 N–H and O–H groups in total. The van der Waals surface area contributed by atoms with Crippen LogP contribution in [0, 0.1) is 5.82 Å². The minimum absolute atomic E-state index is 0.319. The van der Waals surface area contributed by atoms with Crippen molar-refractivity contribution in [2.75, 3.05) is 10.6 Å². The predicted octanol–water partition coefficient (Wildman–Crippen LogP) is 4.26. The average molecular weight is 360 g/mol. The van der Waals surface area contributed by atoms with Crippen LogP contribution in [0.4, 0.5) is 27.5 Å². The van der Waals surface area contributed by atoms with Crippen molar-refractivity contribution in [1.82, 2.24) is 15.2 Å². The summed E-state index contributed by atoms with van der Waals surface area (Å²) in [5.41, 5.74) is 1.43. The Morgan fingerprint density at radius 1 is 0.955 bits per heavy atom. The highest BCUT2D eigenvalue weighted by atomic mass is 79.9. The van der Waals surface area contributed by atoms with Gasteiger partial charge in [0.05, 0.1) is 6.20 Å². The molecule has 0 radical (unpaired) electrons. The van der Waals surface area contributed by atoms with Gasteiger partial charge in [0, 0.05) is 15.8 Å². The Balaban J connectivity index is 1.76. The zero-order valence-corrected chi connectivity index (χ0v) is 12.9. The summed E-state index contributed by atoms with van der Waals surface area (Å²) in [6, 6.07) is 13.7. The molecule has 1 aromatic heterocycles. The van der Waals surface area contributed by atoms with Crippen molar-refractivity contribution in [2.24, 2.45) is 0 Å². The van der Waals surface area contributed by atoms with E-state index < -0.39 is 0 Å². The van der Waals surface area contributed by atoms with E-state index in [4.69, 9.17) is 0 Å². The Morgan fingerprint density at radius 2 is 1.77 bits per heavy atom. The molecule has 3 aromatic rings. The molecule has 0 aliphatic heterocycles. The molecule has 0 saturated carbocycles. The van der Waals surface area contributed by atoms with Crippen molar-refractivity contribution in [3.8, 4) is 0 Å². The first kappa shape index (κ1) is 14.4. The van der Waals surface area contributed by atoms with Crippen molar-refractivity contribution < 1.29 is 4.39 Å². The van der Waals surface area contributed by atoms with Gasteiger partial charge in [0.25, 0.3) is 0 Å². The highest BCUT2D eigenvalue weighted by Crippen LogP contribution is 2.19. The zero-order chi connectivity index (χ0) is 15.4. The number of benzene rings is 2. The molecule has 0 fully saturated rings. The van der Waals surface area contributed by atoms with E-state index in [1.54, 1.807) is 12.1 Å². The SMILES string of the molecule is Fc1cccc(Nc2cnnc(Nc3ccc(Br)cc3)n2)c1. The monoisotopic (exact) mass is 359 g/mol. The van der Waals surface area contributed by atoms with Crippen LogP contribution >= 0.6 is 15.9 Å². The van der Waals surface area contributed by atoms with E-state index in [-0.39, 0.29) is 5.82 Å². The molecule has 0 unspecified atom stereocenters. The first-order valence-electron chi connectivity index (χ1n) is 6.44. The van der Waals surface area contributed by atoms with Crippen molar-refractivity contribution in [1.29, 1.82) is 0 Å². The summed E-state index contributed by atoms with van der Waals surface area (Å²) < 4.78 is 14.1. The van der Waals surface area contributed by atoms with Gasteiger partial charge in [-0.25, -0.2) is 4.39 Å². The Morgan fingerprint density at radius 3 is 2.55 bits per heavy atom. The van der Waals surface area contributed by atoms with Crippen LogP contribution in [0.5, 0.6) is 0 Å². The van der Waals surface area contributed by atoms with E-state index >= 15 is 0 Å². The molecule has 1 heterocycles. The summed E-state index contributed by atoms with van der Waals surface area (Å²) in [7, 11) is 0. The minimum atomic E-state index is -0.319. The van der Waals surface area contributed by atoms with Crippen LogP contribution in [-0.4, -0.2) is 15.2 Å². The largest absolute Gasteiger partial charge is 0.339 e. The molecule has 3 rings (SSSR count). The Bertz CT molecular complexity index is 779. The Hall–Kier alpha value is -2.54. The maximum Gasteiger partial charge on any atom is 0.249 e. The van der Waals surface area contributed by atoms with Crippen molar-refractivity contribution in [3.63, 3.8) is 0 Å². The van der Waals surface area contributed by atoms with E-state index in [1.165, 1.54) is 18.3 Å². The Kier molecular flexibility index (Phi) is 4.24. The van der Waals surface area contributed by atoms with Crippen molar-refractivity contribution in [3.05, 3.63) is 65.0 Å². The molecule has 7 heteroatoms. The highest BCUT2D eigenvalue weighted by Gasteiger charge is 2.03. The molecule has 22 heavy (non-hydrogen) atoms. The third-order valence-electron chi connectivity index (χ3n) is 2.76. The summed E-state index contributed by atoms with van der Waals surface area (Å²) in [6.07, 6.45) is 1.47. The third-order valence-corrected chi connectivity index (χ3v) is 3.28. The lowest BCUT2D eigenvalue weighted by Crippen LogP contribution is -2.02. The molecule has 110 valence electrons. The molecule has 5 nitrogen and oxygen atoms in total. The first-order chi connectivity index (χ1) is 10.7. The quantitative estimate of drug-likeness (QED) is 0.728. The fourth-order valence-corrected chi connectivity index (χ4v) is 2.06. The number of rotatable bonds is 4. The van der Waals surface area contributed by atoms with E-state index in [1.807, 2.05) is 24.3 Å². The van der Waals surface area contributed by atoms with E-state index in [2.05, 4.69) is 41.7 Å². The second-order valence-electron chi connectivity index (χ2n) is 4.43. The van der Waals surface area contributed by atoms with Crippen molar-refractivity contribution in [2.45, 2.75) is 0 Å². The minimum Gasteiger partial charge on any atom is -0.339 e. The summed E-state index contributed by atoms with van der Waals surface area (Å²) in [6.45, 7) is 0. The summed E-state index contributed by atoms with van der Waals surface area (Å²) in [5.74, 6) is 0.504. The number of aromatic nitrogens is 3. The van der Waals surface area contributed by atoms with Crippen molar-refractivity contribution >= 4 is 39.1 Å². The molecular formula is C15H11BrFN5. The van der Waals surface area contributed by atoms with Gasteiger partial charge in [-0.05, 0) is 42.5 Å². The smallest absolute Gasteiger partial charge is 0.249 e. The number of nitrogens with one attached hydrogen (secondary N) is 2. The van der Waals surface area contributed by atoms with Crippen LogP contribution in [0.1, 0.15) is 0 Å². The van der Waals surface area contributed by atoms with Gasteiger partial charge in [0.2, 0.25) is 5.95 Å². The first-order valence-corrected chi connectivity index (χ1v) is 7.23. The molecule has 0 spiro atoms. The lowest BCUT2D eigenvalue weighted by atomic mass is 10.3. The maximum absolute atomic E-state index is 13.2. The van der Waals surface area contributed by atoms with Gasteiger partial charge in [-0.15, -0.1) is 5.10 Å². The van der Waals surface area contributed by atoms with E-state index in [0.717, 1.165) is 10.2 Å². The molecular weight excluding hydrogens is 349 g/mol. The number of hydrogen-bond donors (Lipinski definition) is 2. The molecule has 0 amide bonds. The molecule has 0 bridgehead atoms. The van der Waals surface area contributed by atoms with Crippen LogP contribution < -0.4 is 10.6 Å². The summed E-state index contributed by atoms with van der Waals surface area (Å²) in [5, 5.41) is 13.8. The average Bonchev–Trinajstić information content (AvgIpc) is 2.50. The number of nitrogens with zero attached hydrogens (tertiary/aromatic N) is 3. The van der Waals surface area contributed by atoms with Gasteiger partial charge in [0.1, 0.15) is 5.82 Å². The number of anilines is 4. The van der Waals surface area contributed by atoms with Gasteiger partial charge < -0.3 is 10.6 Å². The molecule has 0 aliphatic carbocycles. The highest BCUT2D eigenvalue weighted by molar-refractivity contribution is 9.10. The summed E-state index contributed by atoms with van der Waals surface area (Å²) >= 11 is 3.37. The predicted molar refractivity (Wildman–Crippen MR) is 86.9 cm³/mol. The van der Waals surface area contributed by atoms with Gasteiger partial charge in [-0.3, -0.25) is 0 Å². The van der Waals surface area contributed by atoms with Crippen LogP contribution in [0.3, 0.4) is 0 Å². The second-order valence-corrected chi connectivity index (χ2v) is 5.35. The third kappa shape index (κ3) is 3.76. The van der Waals surface area contributed by atoms with Gasteiger partial charge in [-0.1, -0.05) is 22.0 Å². The normalized spacial score (nSPS) is 10.3. The topological polar surface area (TPSA) is 62.7 Å². The van der Waals surface area contributed by atoms with Crippen LogP contribution in [0.2, 0.25) is 0 Å². The Labute approximate surface area is 134 Å². The lowest BCUT2D eigenvalue weighted by molar-refractivity contribution is 0.628. The number of halogens is 2. The fourth-order valence-electron chi connectivity index (χ4n) is 1.79. The zero-order valence-electron chi connectivity index (χ0n) is 11.3. The summed E-state index contributed by atoms with van der Waals surface area (Å²) in [4.78, 5) is 4.29. The van der Waals surface area contributed by atoms with E-state index in [0.29, 0.717) is 17.5 Å². The van der Waals surface area contributed by atoms with Gasteiger partial charge >= 0.3 is 0 Å². The standard InChI is InChI=1S/C15H11BrFN5/c16-10-4-6-12(7-5-10)20-15-21-14(9-18-22-15)19-13-3-1-2-11(17)8-13/h1-9H,(H2,19,20,21,22). The van der Waals surface area contributed by atoms with E-state index in [9.17, 15) is 4.39 Å². The lowest BCUT2D eigenvalue weighted by Gasteiger charge is -2.07. The van der Waals surface area contributed by atoms with Crippen LogP contribution in [0.25, 0.3) is 0 Å². The van der Waals surface area contributed by atoms with Gasteiger partial charge in [-0.2, -0.15) is 10.1 Å². The maximum atomic E-state index is 13.2. The second kappa shape index (κ2) is 6.48. The van der Waals surface area contributed by atoms with Crippen LogP contribution in [-0.2, 0) is 0 Å². The molecule has 0 saturated heterocycles.